The maximum Gasteiger partial charge on any atom is 0.211 e. The number of ketones is 1. The van der Waals surface area contributed by atoms with Crippen LogP contribution in [0.5, 0.6) is 5.75 Å². The quantitative estimate of drug-likeness (QED) is 0.818. The SMILES string of the molecule is CCS(=O)(=O)NC1CCC(=O)CC1COc1ccc(C(C)C)cc1. The number of Topliss-reactive ketones (excluding diaryl/α,β-unsaturated/α-hetero) is 1. The van der Waals surface area contributed by atoms with Crippen molar-refractivity contribution < 1.29 is 17.9 Å². The van der Waals surface area contributed by atoms with Crippen molar-refractivity contribution in [3.05, 3.63) is 29.8 Å². The Morgan fingerprint density at radius 2 is 1.92 bits per heavy atom. The summed E-state index contributed by atoms with van der Waals surface area (Å²) in [5.74, 6) is 1.29. The summed E-state index contributed by atoms with van der Waals surface area (Å²) >= 11 is 0. The molecular formula is C18H27NO4S. The summed E-state index contributed by atoms with van der Waals surface area (Å²) < 4.78 is 32.2. The summed E-state index contributed by atoms with van der Waals surface area (Å²) in [6, 6.07) is 7.67. The molecule has 0 radical (unpaired) electrons. The van der Waals surface area contributed by atoms with E-state index in [2.05, 4.69) is 18.6 Å². The van der Waals surface area contributed by atoms with E-state index in [0.717, 1.165) is 5.75 Å². The van der Waals surface area contributed by atoms with Crippen molar-refractivity contribution >= 4 is 15.8 Å². The van der Waals surface area contributed by atoms with Gasteiger partial charge in [-0.1, -0.05) is 26.0 Å². The normalized spacial score (nSPS) is 21.9. The van der Waals surface area contributed by atoms with E-state index in [0.29, 0.717) is 31.8 Å². The van der Waals surface area contributed by atoms with Gasteiger partial charge in [0.1, 0.15) is 11.5 Å². The molecule has 2 atom stereocenters. The molecule has 0 saturated heterocycles. The van der Waals surface area contributed by atoms with Crippen LogP contribution in [0.2, 0.25) is 0 Å². The molecule has 1 N–H and O–H groups in total. The molecule has 24 heavy (non-hydrogen) atoms. The van der Waals surface area contributed by atoms with E-state index in [1.54, 1.807) is 6.92 Å². The van der Waals surface area contributed by atoms with E-state index in [1.165, 1.54) is 5.56 Å². The Balaban J connectivity index is 1.99. The molecule has 2 rings (SSSR count). The zero-order chi connectivity index (χ0) is 17.7. The number of ether oxygens (including phenoxy) is 1. The van der Waals surface area contributed by atoms with Crippen molar-refractivity contribution in [3.8, 4) is 5.75 Å². The molecule has 1 aromatic rings. The first kappa shape index (κ1) is 18.9. The van der Waals surface area contributed by atoms with Crippen molar-refractivity contribution in [2.75, 3.05) is 12.4 Å². The van der Waals surface area contributed by atoms with Gasteiger partial charge in [0.2, 0.25) is 10.0 Å². The van der Waals surface area contributed by atoms with Gasteiger partial charge >= 0.3 is 0 Å². The second kappa shape index (κ2) is 8.12. The summed E-state index contributed by atoms with van der Waals surface area (Å²) in [6.45, 7) is 6.21. The van der Waals surface area contributed by atoms with Gasteiger partial charge in [0.05, 0.1) is 12.4 Å². The minimum absolute atomic E-state index is 0.0433. The molecule has 2 unspecified atom stereocenters. The summed E-state index contributed by atoms with van der Waals surface area (Å²) in [7, 11) is -3.28. The lowest BCUT2D eigenvalue weighted by molar-refractivity contribution is -0.122. The molecule has 1 aliphatic carbocycles. The Kier molecular flexibility index (Phi) is 6.40. The third kappa shape index (κ3) is 5.31. The number of hydrogen-bond acceptors (Lipinski definition) is 4. The first-order valence-corrected chi connectivity index (χ1v) is 10.2. The fourth-order valence-corrected chi connectivity index (χ4v) is 3.82. The van der Waals surface area contributed by atoms with E-state index < -0.39 is 10.0 Å². The van der Waals surface area contributed by atoms with Gasteiger partial charge in [0.15, 0.2) is 0 Å². The largest absolute Gasteiger partial charge is 0.493 e. The van der Waals surface area contributed by atoms with Crippen LogP contribution in [0.4, 0.5) is 0 Å². The number of hydrogen-bond donors (Lipinski definition) is 1. The van der Waals surface area contributed by atoms with Crippen molar-refractivity contribution in [1.29, 1.82) is 0 Å². The van der Waals surface area contributed by atoms with E-state index in [1.807, 2.05) is 24.3 Å². The second-order valence-electron chi connectivity index (χ2n) is 6.70. The van der Waals surface area contributed by atoms with Crippen LogP contribution in [0, 0.1) is 5.92 Å². The van der Waals surface area contributed by atoms with Gasteiger partial charge in [-0.25, -0.2) is 13.1 Å². The van der Waals surface area contributed by atoms with Gasteiger partial charge in [0.25, 0.3) is 0 Å². The summed E-state index contributed by atoms with van der Waals surface area (Å²) in [6.07, 6.45) is 1.33. The standard InChI is InChI=1S/C18H27NO4S/c1-4-24(21,22)19-18-10-7-16(20)11-15(18)12-23-17-8-5-14(6-9-17)13(2)3/h5-6,8-9,13,15,18-19H,4,7,10-12H2,1-3H3. The van der Waals surface area contributed by atoms with Gasteiger partial charge in [-0.3, -0.25) is 4.79 Å². The fourth-order valence-electron chi connectivity index (χ4n) is 2.89. The maximum absolute atomic E-state index is 11.8. The summed E-state index contributed by atoms with van der Waals surface area (Å²) in [5.41, 5.74) is 1.24. The van der Waals surface area contributed by atoms with Crippen LogP contribution in [-0.2, 0) is 14.8 Å². The Labute approximate surface area is 144 Å². The first-order chi connectivity index (χ1) is 11.3. The molecule has 1 aromatic carbocycles. The predicted molar refractivity (Wildman–Crippen MR) is 94.8 cm³/mol. The molecule has 0 spiro atoms. The monoisotopic (exact) mass is 353 g/mol. The van der Waals surface area contributed by atoms with Crippen LogP contribution in [0.1, 0.15) is 51.5 Å². The van der Waals surface area contributed by atoms with Crippen LogP contribution >= 0.6 is 0 Å². The molecule has 6 heteroatoms. The average Bonchev–Trinajstić information content (AvgIpc) is 2.55. The Morgan fingerprint density at radius 1 is 1.25 bits per heavy atom. The molecular weight excluding hydrogens is 326 g/mol. The highest BCUT2D eigenvalue weighted by Gasteiger charge is 2.32. The highest BCUT2D eigenvalue weighted by molar-refractivity contribution is 7.89. The van der Waals surface area contributed by atoms with Crippen molar-refractivity contribution in [1.82, 2.24) is 4.72 Å². The van der Waals surface area contributed by atoms with Crippen LogP contribution in [0.15, 0.2) is 24.3 Å². The third-order valence-corrected chi connectivity index (χ3v) is 5.94. The molecule has 0 aliphatic heterocycles. The smallest absolute Gasteiger partial charge is 0.211 e. The highest BCUT2D eigenvalue weighted by Crippen LogP contribution is 2.25. The molecule has 0 bridgehead atoms. The Morgan fingerprint density at radius 3 is 2.50 bits per heavy atom. The molecule has 5 nitrogen and oxygen atoms in total. The van der Waals surface area contributed by atoms with Gasteiger partial charge in [0, 0.05) is 24.8 Å². The number of nitrogens with one attached hydrogen (secondary N) is 1. The highest BCUT2D eigenvalue weighted by atomic mass is 32.2. The zero-order valence-corrected chi connectivity index (χ0v) is 15.4. The molecule has 0 heterocycles. The predicted octanol–water partition coefficient (Wildman–Crippen LogP) is 2.87. The summed E-state index contributed by atoms with van der Waals surface area (Å²) in [4.78, 5) is 11.8. The number of sulfonamides is 1. The van der Waals surface area contributed by atoms with E-state index in [4.69, 9.17) is 4.74 Å². The van der Waals surface area contributed by atoms with Crippen LogP contribution in [0.3, 0.4) is 0 Å². The topological polar surface area (TPSA) is 72.5 Å². The van der Waals surface area contributed by atoms with Gasteiger partial charge in [-0.15, -0.1) is 0 Å². The number of benzene rings is 1. The van der Waals surface area contributed by atoms with Crippen LogP contribution in [-0.4, -0.2) is 32.6 Å². The van der Waals surface area contributed by atoms with Crippen molar-refractivity contribution in [2.45, 2.75) is 52.0 Å². The van der Waals surface area contributed by atoms with Crippen LogP contribution < -0.4 is 9.46 Å². The van der Waals surface area contributed by atoms with E-state index in [-0.39, 0.29) is 23.5 Å². The third-order valence-electron chi connectivity index (χ3n) is 4.51. The lowest BCUT2D eigenvalue weighted by Crippen LogP contribution is -2.46. The maximum atomic E-state index is 11.8. The lowest BCUT2D eigenvalue weighted by atomic mass is 9.85. The molecule has 0 amide bonds. The Bertz CT molecular complexity index is 652. The van der Waals surface area contributed by atoms with Crippen LogP contribution in [0.25, 0.3) is 0 Å². The number of carbonyl (C=O) groups excluding carboxylic acids is 1. The molecule has 1 fully saturated rings. The van der Waals surface area contributed by atoms with Crippen molar-refractivity contribution in [2.24, 2.45) is 5.92 Å². The number of rotatable bonds is 7. The van der Waals surface area contributed by atoms with Crippen molar-refractivity contribution in [3.63, 3.8) is 0 Å². The fraction of sp³-hybridized carbons (Fsp3) is 0.611. The first-order valence-electron chi connectivity index (χ1n) is 8.55. The molecule has 134 valence electrons. The second-order valence-corrected chi connectivity index (χ2v) is 8.75. The number of carbonyl (C=O) groups is 1. The molecule has 0 aromatic heterocycles. The molecule has 1 saturated carbocycles. The van der Waals surface area contributed by atoms with Gasteiger partial charge in [-0.05, 0) is 37.0 Å². The Hall–Kier alpha value is -1.40. The van der Waals surface area contributed by atoms with E-state index >= 15 is 0 Å². The minimum atomic E-state index is -3.28. The molecule has 1 aliphatic rings. The lowest BCUT2D eigenvalue weighted by Gasteiger charge is -2.31. The van der Waals surface area contributed by atoms with E-state index in [9.17, 15) is 13.2 Å². The summed E-state index contributed by atoms with van der Waals surface area (Å²) in [5, 5.41) is 0. The zero-order valence-electron chi connectivity index (χ0n) is 14.6. The van der Waals surface area contributed by atoms with Gasteiger partial charge in [-0.2, -0.15) is 0 Å². The average molecular weight is 353 g/mol. The minimum Gasteiger partial charge on any atom is -0.493 e. The van der Waals surface area contributed by atoms with Gasteiger partial charge < -0.3 is 4.74 Å².